The van der Waals surface area contributed by atoms with Crippen molar-refractivity contribution in [1.29, 1.82) is 0 Å². The van der Waals surface area contributed by atoms with Crippen LogP contribution in [0.15, 0.2) is 0 Å². The Morgan fingerprint density at radius 3 is 1.71 bits per heavy atom. The number of carboxylic acid groups (broad SMARTS) is 1. The molecular formula is C4H10MgO2. The average molecular weight is 114 g/mol. The molecule has 0 rings (SSSR count). The minimum atomic E-state index is -0.741. The van der Waals surface area contributed by atoms with Crippen LogP contribution in [0.4, 0.5) is 0 Å². The highest BCUT2D eigenvalue weighted by Crippen LogP contribution is 1.87. The monoisotopic (exact) mass is 114 g/mol. The van der Waals surface area contributed by atoms with E-state index < -0.39 is 5.97 Å². The molecule has 0 bridgehead atoms. The van der Waals surface area contributed by atoms with E-state index in [0.29, 0.717) is 0 Å². The van der Waals surface area contributed by atoms with Crippen LogP contribution in [0, 0.1) is 5.92 Å². The van der Waals surface area contributed by atoms with Crippen molar-refractivity contribution in [2.24, 2.45) is 5.92 Å². The van der Waals surface area contributed by atoms with Gasteiger partial charge in [-0.3, -0.25) is 4.79 Å². The van der Waals surface area contributed by atoms with Crippen LogP contribution in [0.25, 0.3) is 0 Å². The van der Waals surface area contributed by atoms with Crippen molar-refractivity contribution in [2.75, 3.05) is 0 Å². The molecular weight excluding hydrogens is 104 g/mol. The highest BCUT2D eigenvalue weighted by Gasteiger charge is 1.99. The molecule has 0 aromatic rings. The van der Waals surface area contributed by atoms with Gasteiger partial charge in [-0.15, -0.1) is 0 Å². The van der Waals surface area contributed by atoms with Gasteiger partial charge in [0.2, 0.25) is 0 Å². The Labute approximate surface area is 59.1 Å². The fourth-order valence-electron chi connectivity index (χ4n) is 0. The molecule has 0 radical (unpaired) electrons. The third-order valence-corrected chi connectivity index (χ3v) is 0.494. The smallest absolute Gasteiger partial charge is 0.316 e. The zero-order chi connectivity index (χ0) is 5.15. The summed E-state index contributed by atoms with van der Waals surface area (Å²) in [5.74, 6) is -0.972. The van der Waals surface area contributed by atoms with E-state index in [9.17, 15) is 4.79 Å². The maximum Gasteiger partial charge on any atom is 0.316 e. The quantitative estimate of drug-likeness (QED) is 0.480. The first-order valence-electron chi connectivity index (χ1n) is 1.87. The fraction of sp³-hybridized carbons (Fsp3) is 0.750. The Balaban J connectivity index is 0. The van der Waals surface area contributed by atoms with Gasteiger partial charge < -0.3 is 5.11 Å². The van der Waals surface area contributed by atoms with Crippen LogP contribution >= 0.6 is 0 Å². The molecule has 0 amide bonds. The fourth-order valence-corrected chi connectivity index (χ4v) is 0. The minimum absolute atomic E-state index is 0. The molecule has 0 atom stereocenters. The van der Waals surface area contributed by atoms with Crippen molar-refractivity contribution < 1.29 is 9.90 Å². The third kappa shape index (κ3) is 6.24. The lowest BCUT2D eigenvalue weighted by molar-refractivity contribution is -0.140. The number of carbonyl (C=O) groups is 1. The van der Waals surface area contributed by atoms with Gasteiger partial charge in [-0.2, -0.15) is 0 Å². The Bertz CT molecular complexity index is 60.7. The lowest BCUT2D eigenvalue weighted by Crippen LogP contribution is -2.03. The van der Waals surface area contributed by atoms with Crippen molar-refractivity contribution in [2.45, 2.75) is 13.8 Å². The summed E-state index contributed by atoms with van der Waals surface area (Å²) in [7, 11) is 0. The predicted octanol–water partition coefficient (Wildman–Crippen LogP) is -0.189. The maximum absolute atomic E-state index is 9.70. The number of hydrogen-bond donors (Lipinski definition) is 1. The van der Waals surface area contributed by atoms with Crippen LogP contribution in [0.5, 0.6) is 0 Å². The maximum atomic E-state index is 9.70. The molecule has 0 saturated heterocycles. The molecule has 0 aromatic heterocycles. The van der Waals surface area contributed by atoms with E-state index in [1.54, 1.807) is 13.8 Å². The van der Waals surface area contributed by atoms with Crippen molar-refractivity contribution >= 4 is 29.0 Å². The van der Waals surface area contributed by atoms with E-state index in [2.05, 4.69) is 0 Å². The van der Waals surface area contributed by atoms with Gasteiger partial charge >= 0.3 is 29.0 Å². The zero-order valence-electron chi connectivity index (χ0n) is 3.93. The molecule has 0 heterocycles. The molecule has 0 aliphatic carbocycles. The Morgan fingerprint density at radius 1 is 1.57 bits per heavy atom. The van der Waals surface area contributed by atoms with Gasteiger partial charge in [-0.1, -0.05) is 13.8 Å². The molecule has 0 unspecified atom stereocenters. The van der Waals surface area contributed by atoms with Gasteiger partial charge in [-0.25, -0.2) is 0 Å². The zero-order valence-corrected chi connectivity index (χ0v) is 3.93. The van der Waals surface area contributed by atoms with E-state index in [1.165, 1.54) is 0 Å². The van der Waals surface area contributed by atoms with Crippen LogP contribution < -0.4 is 0 Å². The second kappa shape index (κ2) is 4.40. The van der Waals surface area contributed by atoms with Gasteiger partial charge in [-0.05, 0) is 0 Å². The second-order valence-corrected chi connectivity index (χ2v) is 1.49. The summed E-state index contributed by atoms with van der Waals surface area (Å²) >= 11 is 0. The van der Waals surface area contributed by atoms with E-state index in [0.717, 1.165) is 0 Å². The molecule has 2 nitrogen and oxygen atoms in total. The predicted molar refractivity (Wildman–Crippen MR) is 31.0 cm³/mol. The van der Waals surface area contributed by atoms with Crippen molar-refractivity contribution in [3.05, 3.63) is 0 Å². The van der Waals surface area contributed by atoms with Crippen molar-refractivity contribution in [3.63, 3.8) is 0 Å². The third-order valence-electron chi connectivity index (χ3n) is 0.494. The van der Waals surface area contributed by atoms with Crippen molar-refractivity contribution in [3.8, 4) is 0 Å². The van der Waals surface area contributed by atoms with E-state index in [-0.39, 0.29) is 29.0 Å². The molecule has 40 valence electrons. The van der Waals surface area contributed by atoms with Crippen molar-refractivity contribution in [1.82, 2.24) is 0 Å². The van der Waals surface area contributed by atoms with Gasteiger partial charge in [0, 0.05) is 0 Å². The number of carboxylic acids is 1. The lowest BCUT2D eigenvalue weighted by atomic mass is 10.2. The standard InChI is InChI=1S/C4H8O2.Mg.2H/c1-3(2)4(5)6;;;/h3H,1-2H3,(H,5,6);;;. The Morgan fingerprint density at radius 2 is 1.71 bits per heavy atom. The second-order valence-electron chi connectivity index (χ2n) is 1.49. The first kappa shape index (κ1) is 10.3. The first-order chi connectivity index (χ1) is 2.64. The van der Waals surface area contributed by atoms with Crippen LogP contribution in [0.3, 0.4) is 0 Å². The van der Waals surface area contributed by atoms with E-state index in [1.807, 2.05) is 0 Å². The number of aliphatic carboxylic acids is 1. The van der Waals surface area contributed by atoms with Crippen LogP contribution in [-0.4, -0.2) is 34.1 Å². The Kier molecular flexibility index (Phi) is 6.45. The summed E-state index contributed by atoms with van der Waals surface area (Å²) in [5.41, 5.74) is 0. The molecule has 0 saturated carbocycles. The molecule has 0 aliphatic heterocycles. The molecule has 0 fully saturated rings. The van der Waals surface area contributed by atoms with Gasteiger partial charge in [0.25, 0.3) is 0 Å². The summed E-state index contributed by atoms with van der Waals surface area (Å²) in [6, 6.07) is 0. The largest absolute Gasteiger partial charge is 0.481 e. The Hall–Kier alpha value is 0.236. The lowest BCUT2D eigenvalue weighted by Gasteiger charge is -1.89. The SMILES string of the molecule is CC(C)C(=O)O.[MgH2]. The summed E-state index contributed by atoms with van der Waals surface area (Å²) in [6.45, 7) is 3.28. The first-order valence-corrected chi connectivity index (χ1v) is 1.87. The molecule has 3 heteroatoms. The van der Waals surface area contributed by atoms with Gasteiger partial charge in [0.05, 0.1) is 5.92 Å². The van der Waals surface area contributed by atoms with Crippen LogP contribution in [-0.2, 0) is 4.79 Å². The molecule has 0 aromatic carbocycles. The van der Waals surface area contributed by atoms with E-state index in [4.69, 9.17) is 5.11 Å². The molecule has 0 aliphatic rings. The average Bonchev–Trinajstić information content (AvgIpc) is 1.36. The van der Waals surface area contributed by atoms with Crippen LogP contribution in [0.1, 0.15) is 13.8 Å². The molecule has 0 spiro atoms. The summed E-state index contributed by atoms with van der Waals surface area (Å²) in [6.07, 6.45) is 0. The van der Waals surface area contributed by atoms with E-state index >= 15 is 0 Å². The summed E-state index contributed by atoms with van der Waals surface area (Å²) in [4.78, 5) is 9.70. The van der Waals surface area contributed by atoms with Gasteiger partial charge in [0.1, 0.15) is 0 Å². The number of rotatable bonds is 1. The highest BCUT2D eigenvalue weighted by atomic mass is 24.3. The normalized spacial score (nSPS) is 7.86. The highest BCUT2D eigenvalue weighted by molar-refractivity contribution is 5.75. The minimum Gasteiger partial charge on any atom is -0.481 e. The summed E-state index contributed by atoms with van der Waals surface area (Å²) < 4.78 is 0. The van der Waals surface area contributed by atoms with Crippen LogP contribution in [0.2, 0.25) is 0 Å². The number of hydrogen-bond acceptors (Lipinski definition) is 1. The van der Waals surface area contributed by atoms with Gasteiger partial charge in [0.15, 0.2) is 0 Å². The topological polar surface area (TPSA) is 37.3 Å². The molecule has 7 heavy (non-hydrogen) atoms. The summed E-state index contributed by atoms with van der Waals surface area (Å²) in [5, 5.41) is 7.99. The molecule has 1 N–H and O–H groups in total.